The highest BCUT2D eigenvalue weighted by Crippen LogP contribution is 2.43. The number of rotatable bonds is 8. The number of aromatic nitrogens is 1. The standard InChI is InChI=1S/C32H24Cl2N4O3S/c33-24-14-9-20(18-25(24)34)27-15-16-28(41-27)31-30(26-8-4-5-17-35-26)37-32(42)38(31)22-12-10-21(11-13-22)36-29(39)19-40-23-6-2-1-3-7-23/h1-18,30-31H,19H2,(H,36,39)(H,37,42). The number of amides is 1. The predicted octanol–water partition coefficient (Wildman–Crippen LogP) is 7.84. The Morgan fingerprint density at radius 3 is 2.48 bits per heavy atom. The number of nitrogens with one attached hydrogen (secondary N) is 2. The molecule has 0 bridgehead atoms. The Labute approximate surface area is 258 Å². The van der Waals surface area contributed by atoms with Crippen molar-refractivity contribution in [1.29, 1.82) is 0 Å². The van der Waals surface area contributed by atoms with Crippen molar-refractivity contribution < 1.29 is 13.9 Å². The Kier molecular flexibility index (Phi) is 8.10. The molecule has 6 rings (SSSR count). The van der Waals surface area contributed by atoms with Gasteiger partial charge in [-0.05, 0) is 91.1 Å². The second-order valence-electron chi connectivity index (χ2n) is 9.52. The molecule has 1 amide bonds. The largest absolute Gasteiger partial charge is 0.484 e. The predicted molar refractivity (Wildman–Crippen MR) is 169 cm³/mol. The van der Waals surface area contributed by atoms with Gasteiger partial charge < -0.3 is 24.7 Å². The van der Waals surface area contributed by atoms with E-state index in [-0.39, 0.29) is 24.6 Å². The van der Waals surface area contributed by atoms with Crippen molar-refractivity contribution in [3.8, 4) is 17.1 Å². The number of carbonyl (C=O) groups excluding carboxylic acids is 1. The van der Waals surface area contributed by atoms with Crippen LogP contribution in [0.4, 0.5) is 11.4 Å². The Morgan fingerprint density at radius 1 is 0.952 bits per heavy atom. The van der Waals surface area contributed by atoms with E-state index in [9.17, 15) is 4.79 Å². The van der Waals surface area contributed by atoms with Crippen molar-refractivity contribution in [3.05, 3.63) is 131 Å². The van der Waals surface area contributed by atoms with Gasteiger partial charge in [0.1, 0.15) is 23.3 Å². The number of halogens is 2. The smallest absolute Gasteiger partial charge is 0.262 e. The van der Waals surface area contributed by atoms with E-state index in [1.54, 1.807) is 30.5 Å². The molecule has 3 heterocycles. The minimum Gasteiger partial charge on any atom is -0.484 e. The third-order valence-corrected chi connectivity index (χ3v) is 7.82. The summed E-state index contributed by atoms with van der Waals surface area (Å²) in [5, 5.41) is 7.74. The summed E-state index contributed by atoms with van der Waals surface area (Å²) in [6.45, 7) is -0.0978. The van der Waals surface area contributed by atoms with Gasteiger partial charge in [0.2, 0.25) is 0 Å². The SMILES string of the molecule is O=C(COc1ccccc1)Nc1ccc(N2C(=S)NC(c3ccccn3)C2c2ccc(-c3ccc(Cl)c(Cl)c3)o2)cc1. The second kappa shape index (κ2) is 12.2. The molecule has 0 radical (unpaired) electrons. The number of pyridine rings is 1. The summed E-state index contributed by atoms with van der Waals surface area (Å²) in [7, 11) is 0. The number of anilines is 2. The lowest BCUT2D eigenvalue weighted by molar-refractivity contribution is -0.118. The normalized spacial score (nSPS) is 16.2. The molecule has 10 heteroatoms. The summed E-state index contributed by atoms with van der Waals surface area (Å²) in [5.41, 5.74) is 3.08. The van der Waals surface area contributed by atoms with Crippen LogP contribution in [0.1, 0.15) is 23.5 Å². The number of benzene rings is 3. The fourth-order valence-corrected chi connectivity index (χ4v) is 5.45. The van der Waals surface area contributed by atoms with Gasteiger partial charge >= 0.3 is 0 Å². The van der Waals surface area contributed by atoms with Crippen LogP contribution in [0, 0.1) is 0 Å². The summed E-state index contributed by atoms with van der Waals surface area (Å²) in [6, 6.07) is 31.0. The number of hydrogen-bond acceptors (Lipinski definition) is 5. The Morgan fingerprint density at radius 2 is 1.74 bits per heavy atom. The van der Waals surface area contributed by atoms with E-state index < -0.39 is 0 Å². The molecule has 1 aliphatic rings. The van der Waals surface area contributed by atoms with Crippen molar-refractivity contribution in [2.45, 2.75) is 12.1 Å². The van der Waals surface area contributed by atoms with Crippen molar-refractivity contribution in [2.75, 3.05) is 16.8 Å². The van der Waals surface area contributed by atoms with E-state index in [1.807, 2.05) is 83.8 Å². The summed E-state index contributed by atoms with van der Waals surface area (Å²) in [5.74, 6) is 1.71. The van der Waals surface area contributed by atoms with Crippen LogP contribution in [-0.2, 0) is 4.79 Å². The number of thiocarbonyl (C=S) groups is 1. The van der Waals surface area contributed by atoms with Crippen molar-refractivity contribution in [3.63, 3.8) is 0 Å². The average molecular weight is 616 g/mol. The first kappa shape index (κ1) is 27.8. The van der Waals surface area contributed by atoms with Crippen LogP contribution in [0.25, 0.3) is 11.3 Å². The molecule has 1 saturated heterocycles. The maximum Gasteiger partial charge on any atom is 0.262 e. The molecule has 2 N–H and O–H groups in total. The molecule has 2 unspecified atom stereocenters. The molecule has 3 aromatic carbocycles. The van der Waals surface area contributed by atoms with Crippen LogP contribution >= 0.6 is 35.4 Å². The summed E-state index contributed by atoms with van der Waals surface area (Å²) < 4.78 is 11.9. The zero-order chi connectivity index (χ0) is 29.1. The highest BCUT2D eigenvalue weighted by Gasteiger charge is 2.42. The maximum absolute atomic E-state index is 12.5. The quantitative estimate of drug-likeness (QED) is 0.172. The fraction of sp³-hybridized carbons (Fsp3) is 0.0938. The molecule has 5 aromatic rings. The third kappa shape index (κ3) is 5.97. The van der Waals surface area contributed by atoms with E-state index in [0.29, 0.717) is 38.1 Å². The molecule has 0 aliphatic carbocycles. The zero-order valence-electron chi connectivity index (χ0n) is 22.0. The maximum atomic E-state index is 12.5. The summed E-state index contributed by atoms with van der Waals surface area (Å²) >= 11 is 18.2. The Balaban J connectivity index is 1.26. The van der Waals surface area contributed by atoms with Gasteiger partial charge in [-0.1, -0.05) is 47.5 Å². The molecule has 7 nitrogen and oxygen atoms in total. The first-order valence-electron chi connectivity index (χ1n) is 13.1. The molecular weight excluding hydrogens is 591 g/mol. The van der Waals surface area contributed by atoms with Gasteiger partial charge in [-0.3, -0.25) is 9.78 Å². The molecule has 2 atom stereocenters. The van der Waals surface area contributed by atoms with Gasteiger partial charge in [-0.2, -0.15) is 0 Å². The second-order valence-corrected chi connectivity index (χ2v) is 10.7. The van der Waals surface area contributed by atoms with E-state index in [4.69, 9.17) is 44.6 Å². The third-order valence-electron chi connectivity index (χ3n) is 6.76. The number of para-hydroxylation sites is 1. The fourth-order valence-electron chi connectivity index (χ4n) is 4.81. The number of carbonyl (C=O) groups is 1. The molecule has 1 aliphatic heterocycles. The van der Waals surface area contributed by atoms with Crippen LogP contribution in [0.5, 0.6) is 5.75 Å². The van der Waals surface area contributed by atoms with Crippen LogP contribution in [0.2, 0.25) is 10.0 Å². The van der Waals surface area contributed by atoms with Crippen LogP contribution < -0.4 is 20.3 Å². The van der Waals surface area contributed by atoms with E-state index in [2.05, 4.69) is 15.6 Å². The van der Waals surface area contributed by atoms with Gasteiger partial charge in [0.05, 0.1) is 21.8 Å². The topological polar surface area (TPSA) is 79.6 Å². The number of nitrogens with zero attached hydrogens (tertiary/aromatic N) is 2. The zero-order valence-corrected chi connectivity index (χ0v) is 24.4. The Bertz CT molecular complexity index is 1720. The van der Waals surface area contributed by atoms with Gasteiger partial charge in [0, 0.05) is 23.1 Å². The van der Waals surface area contributed by atoms with Crippen molar-refractivity contribution >= 4 is 57.8 Å². The lowest BCUT2D eigenvalue weighted by Gasteiger charge is -2.26. The highest BCUT2D eigenvalue weighted by molar-refractivity contribution is 7.80. The minimum atomic E-state index is -0.344. The first-order valence-corrected chi connectivity index (χ1v) is 14.3. The first-order chi connectivity index (χ1) is 20.5. The van der Waals surface area contributed by atoms with Crippen molar-refractivity contribution in [2.24, 2.45) is 0 Å². The van der Waals surface area contributed by atoms with Crippen LogP contribution in [0.15, 0.2) is 114 Å². The van der Waals surface area contributed by atoms with E-state index in [1.165, 1.54) is 0 Å². The van der Waals surface area contributed by atoms with Crippen LogP contribution in [0.3, 0.4) is 0 Å². The summed E-state index contributed by atoms with van der Waals surface area (Å²) in [4.78, 5) is 19.0. The average Bonchev–Trinajstić information content (AvgIpc) is 3.64. The van der Waals surface area contributed by atoms with E-state index in [0.717, 1.165) is 16.9 Å². The Hall–Kier alpha value is -4.37. The van der Waals surface area contributed by atoms with Gasteiger partial charge in [0.25, 0.3) is 5.91 Å². The monoisotopic (exact) mass is 614 g/mol. The molecule has 1 fully saturated rings. The molecule has 0 spiro atoms. The highest BCUT2D eigenvalue weighted by atomic mass is 35.5. The minimum absolute atomic E-state index is 0.0978. The van der Waals surface area contributed by atoms with Crippen LogP contribution in [-0.4, -0.2) is 22.6 Å². The van der Waals surface area contributed by atoms with E-state index >= 15 is 0 Å². The van der Waals surface area contributed by atoms with Gasteiger partial charge in [-0.15, -0.1) is 0 Å². The van der Waals surface area contributed by atoms with Crippen molar-refractivity contribution in [1.82, 2.24) is 10.3 Å². The lowest BCUT2D eigenvalue weighted by Crippen LogP contribution is -2.29. The molecule has 210 valence electrons. The lowest BCUT2D eigenvalue weighted by atomic mass is 10.0. The summed E-state index contributed by atoms with van der Waals surface area (Å²) in [6.07, 6.45) is 1.75. The number of hydrogen-bond donors (Lipinski definition) is 2. The molecule has 2 aromatic heterocycles. The molecule has 42 heavy (non-hydrogen) atoms. The molecular formula is C32H24Cl2N4O3S. The molecule has 0 saturated carbocycles. The number of ether oxygens (including phenoxy) is 1. The number of furan rings is 1. The van der Waals surface area contributed by atoms with Gasteiger partial charge in [0.15, 0.2) is 11.7 Å². The van der Waals surface area contributed by atoms with Gasteiger partial charge in [-0.25, -0.2) is 0 Å².